The zero-order valence-electron chi connectivity index (χ0n) is 19.3. The van der Waals surface area contributed by atoms with Crippen LogP contribution >= 0.6 is 0 Å². The van der Waals surface area contributed by atoms with Gasteiger partial charge in [-0.15, -0.1) is 0 Å². The highest BCUT2D eigenvalue weighted by molar-refractivity contribution is 6.33. The van der Waals surface area contributed by atoms with Crippen LogP contribution in [0.15, 0.2) is 23.1 Å². The smallest absolute Gasteiger partial charge is 0.377 e. The van der Waals surface area contributed by atoms with Gasteiger partial charge in [0.25, 0.3) is 0 Å². The molecule has 1 saturated heterocycles. The Morgan fingerprint density at radius 2 is 1.80 bits per heavy atom. The topological polar surface area (TPSA) is 124 Å². The van der Waals surface area contributed by atoms with Gasteiger partial charge in [-0.25, -0.2) is 14.0 Å². The van der Waals surface area contributed by atoms with E-state index in [1.807, 2.05) is 4.90 Å². The summed E-state index contributed by atoms with van der Waals surface area (Å²) in [6, 6.07) is 2.88. The maximum absolute atomic E-state index is 15.0. The Balaban J connectivity index is 1.54. The number of ether oxygens (including phenoxy) is 2. The van der Waals surface area contributed by atoms with E-state index in [2.05, 4.69) is 10.1 Å². The van der Waals surface area contributed by atoms with E-state index in [-0.39, 0.29) is 35.6 Å². The van der Waals surface area contributed by atoms with Crippen molar-refractivity contribution in [1.82, 2.24) is 9.88 Å². The second-order valence-electron chi connectivity index (χ2n) is 8.67. The number of nitrogens with one attached hydrogen (secondary N) is 1. The fourth-order valence-electron chi connectivity index (χ4n) is 3.99. The number of esters is 2. The van der Waals surface area contributed by atoms with Gasteiger partial charge in [0.05, 0.1) is 11.2 Å². The molecule has 1 saturated carbocycles. The van der Waals surface area contributed by atoms with Crippen molar-refractivity contribution in [2.24, 2.45) is 0 Å². The predicted molar refractivity (Wildman–Crippen MR) is 123 cm³/mol. The summed E-state index contributed by atoms with van der Waals surface area (Å²) in [5.41, 5.74) is -0.0786. The van der Waals surface area contributed by atoms with Crippen LogP contribution in [0.25, 0.3) is 10.9 Å². The molecule has 2 aliphatic rings. The number of Topliss-reactive ketones (excluding diaryl/α,β-unsaturated/α-hetero) is 2. The molecule has 1 aromatic carbocycles. The first-order chi connectivity index (χ1) is 16.8. The first-order valence-corrected chi connectivity index (χ1v) is 11.5. The summed E-state index contributed by atoms with van der Waals surface area (Å²) in [5, 5.41) is 3.27. The maximum atomic E-state index is 15.0. The summed E-state index contributed by atoms with van der Waals surface area (Å²) < 4.78 is 26.3. The lowest BCUT2D eigenvalue weighted by Crippen LogP contribution is -2.43. The van der Waals surface area contributed by atoms with Crippen molar-refractivity contribution in [3.8, 4) is 0 Å². The van der Waals surface area contributed by atoms with Crippen molar-refractivity contribution in [1.29, 1.82) is 0 Å². The fourth-order valence-corrected chi connectivity index (χ4v) is 3.99. The lowest BCUT2D eigenvalue weighted by molar-refractivity contribution is -0.160. The van der Waals surface area contributed by atoms with Gasteiger partial charge in [0, 0.05) is 56.6 Å². The van der Waals surface area contributed by atoms with E-state index in [0.717, 1.165) is 32.0 Å². The SMILES string of the molecule is CC(=O)CCC(=O)C(=O)OCOC(=O)c1cn(C2CC2)c2cc(N3CCNCC3)c(F)cc2c1=O. The summed E-state index contributed by atoms with van der Waals surface area (Å²) in [6.07, 6.45) is 2.70. The highest BCUT2D eigenvalue weighted by atomic mass is 19.1. The number of hydrogen-bond donors (Lipinski definition) is 1. The van der Waals surface area contributed by atoms with Gasteiger partial charge >= 0.3 is 11.9 Å². The molecule has 2 aromatic rings. The third kappa shape index (κ3) is 5.56. The molecule has 2 fully saturated rings. The van der Waals surface area contributed by atoms with E-state index in [4.69, 9.17) is 4.74 Å². The van der Waals surface area contributed by atoms with E-state index >= 15 is 4.39 Å². The number of halogens is 1. The van der Waals surface area contributed by atoms with Gasteiger partial charge in [-0.2, -0.15) is 0 Å². The summed E-state index contributed by atoms with van der Waals surface area (Å²) >= 11 is 0. The molecule has 1 aliphatic heterocycles. The van der Waals surface area contributed by atoms with Crippen LogP contribution in [0.3, 0.4) is 0 Å². The molecule has 0 radical (unpaired) electrons. The number of anilines is 1. The molecular weight excluding hydrogens is 461 g/mol. The molecule has 0 atom stereocenters. The molecule has 2 heterocycles. The molecule has 0 unspecified atom stereocenters. The number of benzene rings is 1. The molecule has 10 nitrogen and oxygen atoms in total. The third-order valence-electron chi connectivity index (χ3n) is 6.03. The monoisotopic (exact) mass is 487 g/mol. The first kappa shape index (κ1) is 24.5. The molecule has 0 spiro atoms. The van der Waals surface area contributed by atoms with Gasteiger partial charge in [-0.1, -0.05) is 0 Å². The van der Waals surface area contributed by atoms with Crippen molar-refractivity contribution >= 4 is 40.1 Å². The van der Waals surface area contributed by atoms with Gasteiger partial charge in [0.2, 0.25) is 18.0 Å². The number of carbonyl (C=O) groups excluding carboxylic acids is 4. The number of nitrogens with zero attached hydrogens (tertiary/aromatic N) is 2. The number of aromatic nitrogens is 1. The fraction of sp³-hybridized carbons (Fsp3) is 0.458. The molecule has 0 bridgehead atoms. The minimum absolute atomic E-state index is 0.0548. The number of pyridine rings is 1. The molecular formula is C24H26FN3O7. The van der Waals surface area contributed by atoms with Crippen molar-refractivity contribution < 1.29 is 33.0 Å². The Morgan fingerprint density at radius 1 is 1.09 bits per heavy atom. The number of piperazine rings is 1. The predicted octanol–water partition coefficient (Wildman–Crippen LogP) is 1.48. The van der Waals surface area contributed by atoms with Crippen LogP contribution in [-0.2, 0) is 23.9 Å². The van der Waals surface area contributed by atoms with Crippen LogP contribution in [0.4, 0.5) is 10.1 Å². The first-order valence-electron chi connectivity index (χ1n) is 11.5. The lowest BCUT2D eigenvalue weighted by Gasteiger charge is -2.30. The van der Waals surface area contributed by atoms with Crippen LogP contribution in [0.1, 0.15) is 49.0 Å². The van der Waals surface area contributed by atoms with Crippen LogP contribution < -0.4 is 15.6 Å². The molecule has 0 amide bonds. The molecule has 186 valence electrons. The Labute approximate surface area is 200 Å². The van der Waals surface area contributed by atoms with E-state index < -0.39 is 35.8 Å². The second-order valence-corrected chi connectivity index (χ2v) is 8.67. The highest BCUT2D eigenvalue weighted by Gasteiger charge is 2.29. The van der Waals surface area contributed by atoms with Crippen molar-refractivity contribution in [2.45, 2.75) is 38.6 Å². The Bertz CT molecular complexity index is 1250. The van der Waals surface area contributed by atoms with E-state index in [9.17, 15) is 24.0 Å². The number of ketones is 2. The molecule has 11 heteroatoms. The van der Waals surface area contributed by atoms with Crippen molar-refractivity contribution in [3.05, 3.63) is 39.9 Å². The highest BCUT2D eigenvalue weighted by Crippen LogP contribution is 2.38. The number of carbonyl (C=O) groups is 4. The van der Waals surface area contributed by atoms with Crippen LogP contribution in [-0.4, -0.2) is 61.0 Å². The normalized spacial score (nSPS) is 15.7. The summed E-state index contributed by atoms with van der Waals surface area (Å²) in [6.45, 7) is 3.14. The third-order valence-corrected chi connectivity index (χ3v) is 6.03. The number of fused-ring (bicyclic) bond motifs is 1. The van der Waals surface area contributed by atoms with Gasteiger partial charge in [-0.05, 0) is 31.9 Å². The Hall–Kier alpha value is -3.60. The van der Waals surface area contributed by atoms with E-state index in [0.29, 0.717) is 24.3 Å². The average molecular weight is 487 g/mol. The van der Waals surface area contributed by atoms with Crippen LogP contribution in [0.5, 0.6) is 0 Å². The Kier molecular flexibility index (Phi) is 7.25. The molecule has 1 aliphatic carbocycles. The largest absolute Gasteiger partial charge is 0.424 e. The van der Waals surface area contributed by atoms with E-state index in [1.54, 1.807) is 10.6 Å². The number of hydrogen-bond acceptors (Lipinski definition) is 9. The zero-order chi connectivity index (χ0) is 25.1. The maximum Gasteiger partial charge on any atom is 0.377 e. The van der Waals surface area contributed by atoms with Crippen molar-refractivity contribution in [2.75, 3.05) is 37.9 Å². The lowest BCUT2D eigenvalue weighted by atomic mass is 10.1. The van der Waals surface area contributed by atoms with Gasteiger partial charge in [0.15, 0.2) is 0 Å². The van der Waals surface area contributed by atoms with Gasteiger partial charge in [0.1, 0.15) is 17.2 Å². The second kappa shape index (κ2) is 10.3. The minimum Gasteiger partial charge on any atom is -0.424 e. The molecule has 1 aromatic heterocycles. The Morgan fingerprint density at radius 3 is 2.46 bits per heavy atom. The van der Waals surface area contributed by atoms with Gasteiger partial charge < -0.3 is 29.1 Å². The standard InChI is InChI=1S/C24H26FN3O7/c1-14(29)2-5-21(30)24(33)35-13-34-23(32)17-12-28(15-3-4-15)19-11-20(27-8-6-26-7-9-27)18(25)10-16(19)22(17)31/h10-12,15,26H,2-9,13H2,1H3. The minimum atomic E-state index is -1.24. The van der Waals surface area contributed by atoms with Crippen LogP contribution in [0, 0.1) is 5.82 Å². The summed E-state index contributed by atoms with van der Waals surface area (Å²) in [7, 11) is 0. The summed E-state index contributed by atoms with van der Waals surface area (Å²) in [5.74, 6) is -4.02. The zero-order valence-corrected chi connectivity index (χ0v) is 19.3. The quantitative estimate of drug-likeness (QED) is 0.318. The van der Waals surface area contributed by atoms with Crippen molar-refractivity contribution in [3.63, 3.8) is 0 Å². The molecule has 1 N–H and O–H groups in total. The van der Waals surface area contributed by atoms with E-state index in [1.165, 1.54) is 13.1 Å². The molecule has 35 heavy (non-hydrogen) atoms. The molecule has 4 rings (SSSR count). The summed E-state index contributed by atoms with van der Waals surface area (Å²) in [4.78, 5) is 61.8. The van der Waals surface area contributed by atoms with Gasteiger partial charge in [-0.3, -0.25) is 9.59 Å². The number of rotatable bonds is 9. The average Bonchev–Trinajstić information content (AvgIpc) is 3.68. The van der Waals surface area contributed by atoms with Crippen LogP contribution in [0.2, 0.25) is 0 Å².